The van der Waals surface area contributed by atoms with Gasteiger partial charge in [-0.2, -0.15) is 0 Å². The molecule has 2 bridgehead atoms. The van der Waals surface area contributed by atoms with E-state index in [9.17, 15) is 4.79 Å². The summed E-state index contributed by atoms with van der Waals surface area (Å²) in [5.74, 6) is -0.613. The highest BCUT2D eigenvalue weighted by molar-refractivity contribution is 9.06. The molecule has 1 aromatic rings. The van der Waals surface area contributed by atoms with Gasteiger partial charge in [0.2, 0.25) is 0 Å². The summed E-state index contributed by atoms with van der Waals surface area (Å²) in [6.45, 7) is 0.261. The third-order valence-electron chi connectivity index (χ3n) is 5.37. The summed E-state index contributed by atoms with van der Waals surface area (Å²) in [6, 6.07) is 10.4. The topological polar surface area (TPSA) is 51.3 Å². The summed E-state index contributed by atoms with van der Waals surface area (Å²) in [7, 11) is 2.15. The fourth-order valence-corrected chi connectivity index (χ4v) is 4.36. The van der Waals surface area contributed by atoms with Gasteiger partial charge in [0.05, 0.1) is 22.9 Å². The van der Waals surface area contributed by atoms with E-state index < -0.39 is 5.92 Å². The van der Waals surface area contributed by atoms with Crippen LogP contribution in [0.25, 0.3) is 0 Å². The molecule has 3 heterocycles. The minimum atomic E-state index is -0.404. The molecule has 3 aliphatic rings. The zero-order chi connectivity index (χ0) is 16.0. The van der Waals surface area contributed by atoms with Gasteiger partial charge in [0.25, 0.3) is 0 Å². The Balaban J connectivity index is 1.43. The monoisotopic (exact) mass is 381 g/mol. The number of hydrogen-bond acceptors (Lipinski definition) is 5. The van der Waals surface area contributed by atoms with E-state index in [1.54, 1.807) is 0 Å². The average Bonchev–Trinajstić information content (AvgIpc) is 3.31. The minimum absolute atomic E-state index is 0.0216. The molecule has 0 saturated carbocycles. The largest absolute Gasteiger partial charge is 0.462 e. The van der Waals surface area contributed by atoms with E-state index in [0.717, 1.165) is 18.4 Å². The number of esters is 1. The quantitative estimate of drug-likeness (QED) is 0.578. The van der Waals surface area contributed by atoms with E-state index in [-0.39, 0.29) is 18.7 Å². The molecule has 4 rings (SSSR count). The van der Waals surface area contributed by atoms with Crippen LogP contribution in [0.15, 0.2) is 30.3 Å². The number of hydrogen-bond donors (Lipinski definition) is 0. The van der Waals surface area contributed by atoms with E-state index in [2.05, 4.69) is 28.2 Å². The molecule has 6 heteroatoms. The Morgan fingerprint density at radius 3 is 2.57 bits per heavy atom. The van der Waals surface area contributed by atoms with E-state index in [1.807, 2.05) is 30.3 Å². The van der Waals surface area contributed by atoms with Gasteiger partial charge in [0, 0.05) is 24.9 Å². The number of carbonyl (C=O) groups excluding carboxylic acids is 1. The molecular formula is C17H20BrNO4. The van der Waals surface area contributed by atoms with Gasteiger partial charge in [-0.1, -0.05) is 30.3 Å². The van der Waals surface area contributed by atoms with Crippen molar-refractivity contribution in [2.45, 2.75) is 49.2 Å². The van der Waals surface area contributed by atoms with Crippen LogP contribution < -0.4 is 0 Å². The molecule has 23 heavy (non-hydrogen) atoms. The molecule has 3 aliphatic heterocycles. The first-order valence-electron chi connectivity index (χ1n) is 8.05. The maximum Gasteiger partial charge on any atom is 0.316 e. The lowest BCUT2D eigenvalue weighted by Crippen LogP contribution is -2.48. The Hall–Kier alpha value is -0.950. The Morgan fingerprint density at radius 1 is 1.30 bits per heavy atom. The molecule has 3 saturated heterocycles. The van der Waals surface area contributed by atoms with Crippen molar-refractivity contribution in [1.82, 2.24) is 4.90 Å². The van der Waals surface area contributed by atoms with Gasteiger partial charge >= 0.3 is 5.97 Å². The third kappa shape index (κ3) is 2.82. The minimum Gasteiger partial charge on any atom is -0.462 e. The van der Waals surface area contributed by atoms with Gasteiger partial charge in [-0.05, 0) is 12.6 Å². The Kier molecular flexibility index (Phi) is 4.17. The van der Waals surface area contributed by atoms with Gasteiger partial charge in [0.1, 0.15) is 24.2 Å². The standard InChI is InChI=1S/C17H20BrNO4/c1-19-13-7-11(8-14(19)16-15(13)23-16)22-17(20)12(9-21-18)10-5-3-2-4-6-10/h2-6,11-16H,7-9H2,1H3/t11?,12-,13-,14+,15-,16+/m1/s1. The number of fused-ring (bicyclic) bond motifs is 5. The van der Waals surface area contributed by atoms with E-state index in [1.165, 1.54) is 0 Å². The second-order valence-corrected chi connectivity index (χ2v) is 7.09. The maximum atomic E-state index is 12.6. The number of morpholine rings is 1. The van der Waals surface area contributed by atoms with Crippen LogP contribution in [-0.2, 0) is 18.1 Å². The SMILES string of the molecule is CN1[C@@H]2CC(OC(=O)[C@H](COBr)c3ccccc3)C[C@H]1[C@@H]1O[C@@H]12. The summed E-state index contributed by atoms with van der Waals surface area (Å²) in [5, 5.41) is 0. The van der Waals surface area contributed by atoms with Crippen molar-refractivity contribution < 1.29 is 18.1 Å². The van der Waals surface area contributed by atoms with Gasteiger partial charge in [0.15, 0.2) is 0 Å². The Morgan fingerprint density at radius 2 is 1.96 bits per heavy atom. The smallest absolute Gasteiger partial charge is 0.316 e. The molecule has 0 N–H and O–H groups in total. The molecule has 5 nitrogen and oxygen atoms in total. The van der Waals surface area contributed by atoms with Crippen LogP contribution in [0.3, 0.4) is 0 Å². The predicted octanol–water partition coefficient (Wildman–Crippen LogP) is 2.25. The molecule has 0 aliphatic carbocycles. The molecule has 124 valence electrons. The number of ether oxygens (including phenoxy) is 2. The van der Waals surface area contributed by atoms with E-state index in [0.29, 0.717) is 24.3 Å². The van der Waals surface area contributed by atoms with Crippen LogP contribution in [0.1, 0.15) is 24.3 Å². The number of nitrogens with zero attached hydrogens (tertiary/aromatic N) is 1. The predicted molar refractivity (Wildman–Crippen MR) is 87.2 cm³/mol. The molecule has 6 atom stereocenters. The van der Waals surface area contributed by atoms with Crippen molar-refractivity contribution in [1.29, 1.82) is 0 Å². The zero-order valence-corrected chi connectivity index (χ0v) is 14.5. The number of piperidine rings is 1. The average molecular weight is 382 g/mol. The fourth-order valence-electron chi connectivity index (χ4n) is 4.09. The van der Waals surface area contributed by atoms with Gasteiger partial charge in [-0.3, -0.25) is 9.69 Å². The van der Waals surface area contributed by atoms with Crippen molar-refractivity contribution in [3.63, 3.8) is 0 Å². The third-order valence-corrected chi connectivity index (χ3v) is 5.64. The van der Waals surface area contributed by atoms with Gasteiger partial charge in [-0.25, -0.2) is 0 Å². The maximum absolute atomic E-state index is 12.6. The normalized spacial score (nSPS) is 36.3. The second-order valence-electron chi connectivity index (χ2n) is 6.63. The van der Waals surface area contributed by atoms with Crippen LogP contribution in [0.5, 0.6) is 0 Å². The van der Waals surface area contributed by atoms with Crippen LogP contribution in [0.2, 0.25) is 0 Å². The van der Waals surface area contributed by atoms with Crippen molar-refractivity contribution >= 4 is 22.2 Å². The zero-order valence-electron chi connectivity index (χ0n) is 12.9. The molecular weight excluding hydrogens is 362 g/mol. The molecule has 0 amide bonds. The number of carbonyl (C=O) groups is 1. The molecule has 0 aromatic heterocycles. The van der Waals surface area contributed by atoms with Crippen LogP contribution in [0, 0.1) is 0 Å². The molecule has 0 radical (unpaired) electrons. The number of epoxide rings is 1. The number of halogens is 1. The van der Waals surface area contributed by atoms with E-state index >= 15 is 0 Å². The Labute approximate surface area is 144 Å². The highest BCUT2D eigenvalue weighted by atomic mass is 79.9. The van der Waals surface area contributed by atoms with Crippen LogP contribution in [0.4, 0.5) is 0 Å². The van der Waals surface area contributed by atoms with Crippen LogP contribution >= 0.6 is 16.3 Å². The highest BCUT2D eigenvalue weighted by Crippen LogP contribution is 2.48. The second kappa shape index (κ2) is 6.16. The molecule has 0 spiro atoms. The fraction of sp³-hybridized carbons (Fsp3) is 0.588. The number of benzene rings is 1. The summed E-state index contributed by atoms with van der Waals surface area (Å²) in [6.07, 6.45) is 2.40. The molecule has 1 aromatic carbocycles. The molecule has 3 fully saturated rings. The highest BCUT2D eigenvalue weighted by Gasteiger charge is 2.62. The van der Waals surface area contributed by atoms with Crippen molar-refractivity contribution in [2.24, 2.45) is 0 Å². The number of likely N-dealkylation sites (N-methyl/N-ethyl adjacent to an activating group) is 1. The number of rotatable bonds is 5. The Bertz CT molecular complexity index is 565. The lowest BCUT2D eigenvalue weighted by atomic mass is 9.97. The summed E-state index contributed by atoms with van der Waals surface area (Å²) in [4.78, 5) is 15.0. The summed E-state index contributed by atoms with van der Waals surface area (Å²) in [5.41, 5.74) is 0.916. The molecule has 1 unspecified atom stereocenters. The van der Waals surface area contributed by atoms with E-state index in [4.69, 9.17) is 13.3 Å². The first-order valence-corrected chi connectivity index (χ1v) is 8.70. The first kappa shape index (κ1) is 15.6. The van der Waals surface area contributed by atoms with Gasteiger partial charge in [-0.15, -0.1) is 0 Å². The lowest BCUT2D eigenvalue weighted by molar-refractivity contribution is -0.156. The van der Waals surface area contributed by atoms with Crippen molar-refractivity contribution in [3.8, 4) is 0 Å². The lowest BCUT2D eigenvalue weighted by Gasteiger charge is -2.38. The van der Waals surface area contributed by atoms with Gasteiger partial charge < -0.3 is 13.3 Å². The van der Waals surface area contributed by atoms with Crippen molar-refractivity contribution in [3.05, 3.63) is 35.9 Å². The van der Waals surface area contributed by atoms with Crippen LogP contribution in [-0.4, -0.2) is 54.9 Å². The first-order chi connectivity index (χ1) is 11.2. The van der Waals surface area contributed by atoms with Crippen molar-refractivity contribution in [2.75, 3.05) is 13.7 Å². The summed E-state index contributed by atoms with van der Waals surface area (Å²) < 4.78 is 16.6. The summed E-state index contributed by atoms with van der Waals surface area (Å²) >= 11 is 2.96.